The molecule has 0 aromatic heterocycles. The van der Waals surface area contributed by atoms with Gasteiger partial charge in [-0.25, -0.2) is 0 Å². The second-order valence-electron chi connectivity index (χ2n) is 6.99. The number of anilines is 2. The van der Waals surface area contributed by atoms with Crippen LogP contribution in [-0.4, -0.2) is 11.9 Å². The minimum atomic E-state index is 0.144. The molecule has 1 unspecified atom stereocenters. The zero-order valence-corrected chi connectivity index (χ0v) is 15.2. The van der Waals surface area contributed by atoms with Crippen LogP contribution in [0.5, 0.6) is 0 Å². The van der Waals surface area contributed by atoms with Crippen molar-refractivity contribution < 1.29 is 4.79 Å². The number of amides is 1. The van der Waals surface area contributed by atoms with E-state index < -0.39 is 0 Å². The van der Waals surface area contributed by atoms with E-state index in [1.54, 1.807) is 0 Å². The molecule has 2 aromatic carbocycles. The summed E-state index contributed by atoms with van der Waals surface area (Å²) in [4.78, 5) is 14.8. The molecule has 0 spiro atoms. The molecule has 2 aromatic rings. The molecule has 1 N–H and O–H groups in total. The average molecular weight is 322 g/mol. The molecule has 0 saturated carbocycles. The molecule has 1 aliphatic heterocycles. The molecule has 1 atom stereocenters. The number of carbonyl (C=O) groups excluding carboxylic acids is 1. The highest BCUT2D eigenvalue weighted by molar-refractivity contribution is 5.98. The van der Waals surface area contributed by atoms with Gasteiger partial charge in [0.25, 0.3) is 0 Å². The summed E-state index contributed by atoms with van der Waals surface area (Å²) in [7, 11) is 0. The lowest BCUT2D eigenvalue weighted by atomic mass is 9.93. The normalized spacial score (nSPS) is 17.3. The zero-order valence-electron chi connectivity index (χ0n) is 15.2. The Balaban J connectivity index is 2.08. The molecule has 0 bridgehead atoms. The van der Waals surface area contributed by atoms with Gasteiger partial charge in [-0.2, -0.15) is 0 Å². The van der Waals surface area contributed by atoms with Crippen LogP contribution in [-0.2, 0) is 11.3 Å². The Morgan fingerprint density at radius 3 is 2.38 bits per heavy atom. The summed E-state index contributed by atoms with van der Waals surface area (Å²) in [6.07, 6.45) is 0.511. The van der Waals surface area contributed by atoms with Gasteiger partial charge >= 0.3 is 0 Å². The maximum absolute atomic E-state index is 12.9. The monoisotopic (exact) mass is 322 g/mol. The van der Waals surface area contributed by atoms with Gasteiger partial charge in [-0.05, 0) is 74.6 Å². The highest BCUT2D eigenvalue weighted by atomic mass is 16.2. The van der Waals surface area contributed by atoms with Crippen LogP contribution in [0.15, 0.2) is 30.3 Å². The van der Waals surface area contributed by atoms with Crippen molar-refractivity contribution in [2.24, 2.45) is 0 Å². The summed E-state index contributed by atoms with van der Waals surface area (Å²) in [6, 6.07) is 10.5. The van der Waals surface area contributed by atoms with Crippen molar-refractivity contribution >= 4 is 17.3 Å². The van der Waals surface area contributed by atoms with Crippen LogP contribution >= 0.6 is 0 Å². The van der Waals surface area contributed by atoms with Gasteiger partial charge in [-0.3, -0.25) is 4.79 Å². The number of rotatable bonds is 2. The molecular weight excluding hydrogens is 296 g/mol. The van der Waals surface area contributed by atoms with Gasteiger partial charge in [0.1, 0.15) is 0 Å². The van der Waals surface area contributed by atoms with E-state index in [-0.39, 0.29) is 11.9 Å². The van der Waals surface area contributed by atoms with Gasteiger partial charge in [-0.15, -0.1) is 0 Å². The molecule has 1 heterocycles. The average Bonchev–Trinajstić information content (AvgIpc) is 2.65. The maximum Gasteiger partial charge on any atom is 0.229 e. The van der Waals surface area contributed by atoms with Crippen LogP contribution in [0.1, 0.15) is 41.2 Å². The number of hydrogen-bond donors (Lipinski definition) is 1. The smallest absolute Gasteiger partial charge is 0.229 e. The third kappa shape index (κ3) is 2.91. The Labute approximate surface area is 144 Å². The van der Waals surface area contributed by atoms with E-state index in [1.807, 2.05) is 23.1 Å². The van der Waals surface area contributed by atoms with E-state index in [0.717, 1.165) is 11.4 Å². The SMILES string of the molecule is Cc1cc(C)c(C)c(CN2C(=O)CC(C)Nc3ccccc32)c1C. The number of benzene rings is 2. The summed E-state index contributed by atoms with van der Waals surface area (Å²) in [5, 5.41) is 3.46. The fraction of sp³-hybridized carbons (Fsp3) is 0.381. The minimum absolute atomic E-state index is 0.144. The highest BCUT2D eigenvalue weighted by Crippen LogP contribution is 2.33. The van der Waals surface area contributed by atoms with Crippen molar-refractivity contribution in [2.75, 3.05) is 10.2 Å². The molecule has 0 radical (unpaired) electrons. The number of aryl methyl sites for hydroxylation is 2. The van der Waals surface area contributed by atoms with Crippen molar-refractivity contribution in [1.29, 1.82) is 0 Å². The topological polar surface area (TPSA) is 32.3 Å². The van der Waals surface area contributed by atoms with Crippen molar-refractivity contribution in [3.63, 3.8) is 0 Å². The lowest BCUT2D eigenvalue weighted by Crippen LogP contribution is -2.31. The Morgan fingerprint density at radius 1 is 1.08 bits per heavy atom. The van der Waals surface area contributed by atoms with Crippen LogP contribution in [0.2, 0.25) is 0 Å². The van der Waals surface area contributed by atoms with Gasteiger partial charge in [0, 0.05) is 12.5 Å². The molecule has 3 rings (SSSR count). The molecule has 3 nitrogen and oxygen atoms in total. The van der Waals surface area contributed by atoms with E-state index in [9.17, 15) is 4.79 Å². The third-order valence-corrected chi connectivity index (χ3v) is 5.22. The van der Waals surface area contributed by atoms with Crippen molar-refractivity contribution in [3.8, 4) is 0 Å². The predicted molar refractivity (Wildman–Crippen MR) is 101 cm³/mol. The number of fused-ring (bicyclic) bond motifs is 1. The number of nitrogens with one attached hydrogen (secondary N) is 1. The van der Waals surface area contributed by atoms with E-state index in [4.69, 9.17) is 0 Å². The Kier molecular flexibility index (Phi) is 4.35. The zero-order chi connectivity index (χ0) is 17.4. The van der Waals surface area contributed by atoms with Crippen LogP contribution in [0.25, 0.3) is 0 Å². The first kappa shape index (κ1) is 16.6. The fourth-order valence-corrected chi connectivity index (χ4v) is 3.52. The van der Waals surface area contributed by atoms with Gasteiger partial charge in [0.15, 0.2) is 0 Å². The predicted octanol–water partition coefficient (Wildman–Crippen LogP) is 4.66. The summed E-state index contributed by atoms with van der Waals surface area (Å²) in [6.45, 7) is 11.3. The van der Waals surface area contributed by atoms with Crippen LogP contribution < -0.4 is 10.2 Å². The maximum atomic E-state index is 12.9. The molecule has 126 valence electrons. The molecule has 1 aliphatic rings. The number of hydrogen-bond acceptors (Lipinski definition) is 2. The van der Waals surface area contributed by atoms with Gasteiger partial charge < -0.3 is 10.2 Å². The van der Waals surface area contributed by atoms with E-state index in [0.29, 0.717) is 13.0 Å². The van der Waals surface area contributed by atoms with Crippen LogP contribution in [0.4, 0.5) is 11.4 Å². The number of nitrogens with zero attached hydrogens (tertiary/aromatic N) is 1. The van der Waals surface area contributed by atoms with E-state index in [2.05, 4.69) is 52.1 Å². The molecule has 0 saturated heterocycles. The highest BCUT2D eigenvalue weighted by Gasteiger charge is 2.26. The second kappa shape index (κ2) is 6.31. The molecule has 3 heteroatoms. The molecular formula is C21H26N2O. The van der Waals surface area contributed by atoms with Crippen LogP contribution in [0.3, 0.4) is 0 Å². The van der Waals surface area contributed by atoms with Crippen molar-refractivity contribution in [1.82, 2.24) is 0 Å². The first-order valence-electron chi connectivity index (χ1n) is 8.60. The van der Waals surface area contributed by atoms with Gasteiger partial charge in [0.2, 0.25) is 5.91 Å². The quantitative estimate of drug-likeness (QED) is 0.872. The standard InChI is InChI=1S/C21H26N2O/c1-13-10-14(2)17(5)18(16(13)4)12-23-20-9-7-6-8-19(20)22-15(3)11-21(23)24/h6-10,15,22H,11-12H2,1-5H3. The summed E-state index contributed by atoms with van der Waals surface area (Å²) >= 11 is 0. The number of carbonyl (C=O) groups is 1. The Hall–Kier alpha value is -2.29. The second-order valence-corrected chi connectivity index (χ2v) is 6.99. The Bertz CT molecular complexity index is 768. The molecule has 0 fully saturated rings. The summed E-state index contributed by atoms with van der Waals surface area (Å²) in [5.74, 6) is 0.179. The minimum Gasteiger partial charge on any atom is -0.380 e. The first-order valence-corrected chi connectivity index (χ1v) is 8.60. The largest absolute Gasteiger partial charge is 0.380 e. The first-order chi connectivity index (χ1) is 11.4. The van der Waals surface area contributed by atoms with E-state index >= 15 is 0 Å². The fourth-order valence-electron chi connectivity index (χ4n) is 3.52. The van der Waals surface area contributed by atoms with Gasteiger partial charge in [0.05, 0.1) is 17.9 Å². The molecule has 0 aliphatic carbocycles. The van der Waals surface area contributed by atoms with Crippen molar-refractivity contribution in [2.45, 2.75) is 53.6 Å². The third-order valence-electron chi connectivity index (χ3n) is 5.22. The van der Waals surface area contributed by atoms with E-state index in [1.165, 1.54) is 27.8 Å². The molecule has 24 heavy (non-hydrogen) atoms. The van der Waals surface area contributed by atoms with Crippen molar-refractivity contribution in [3.05, 3.63) is 58.1 Å². The summed E-state index contributed by atoms with van der Waals surface area (Å²) < 4.78 is 0. The Morgan fingerprint density at radius 2 is 1.71 bits per heavy atom. The summed E-state index contributed by atoms with van der Waals surface area (Å²) in [5.41, 5.74) is 8.43. The molecule has 1 amide bonds. The number of para-hydroxylation sites is 2. The van der Waals surface area contributed by atoms with Crippen LogP contribution in [0, 0.1) is 27.7 Å². The lowest BCUT2D eigenvalue weighted by Gasteiger charge is -2.25. The van der Waals surface area contributed by atoms with Gasteiger partial charge in [-0.1, -0.05) is 18.2 Å². The lowest BCUT2D eigenvalue weighted by molar-refractivity contribution is -0.118.